The first-order valence-corrected chi connectivity index (χ1v) is 7.96. The van der Waals surface area contributed by atoms with Crippen molar-refractivity contribution in [3.63, 3.8) is 0 Å². The molecule has 0 N–H and O–H groups in total. The molecular weight excluding hydrogens is 244 g/mol. The minimum Gasteiger partial charge on any atom is -0.294 e. The average molecular weight is 266 g/mol. The Labute approximate surface area is 121 Å². The number of carbonyl (C=O) groups is 1. The van der Waals surface area contributed by atoms with Gasteiger partial charge in [0, 0.05) is 11.0 Å². The fourth-order valence-electron chi connectivity index (χ4n) is 5.47. The smallest absolute Gasteiger partial charge is 0.169 e. The molecule has 1 heteroatoms. The van der Waals surface area contributed by atoms with Crippen LogP contribution in [0.15, 0.2) is 30.8 Å². The van der Waals surface area contributed by atoms with E-state index in [1.807, 2.05) is 30.3 Å². The van der Waals surface area contributed by atoms with Gasteiger partial charge in [-0.1, -0.05) is 36.9 Å². The normalized spacial score (nSPS) is 37.9. The average Bonchev–Trinajstić information content (AvgIpc) is 2.45. The molecule has 0 spiro atoms. The highest BCUT2D eigenvalue weighted by atomic mass is 16.1. The van der Waals surface area contributed by atoms with Crippen molar-refractivity contribution >= 4 is 11.9 Å². The van der Waals surface area contributed by atoms with Gasteiger partial charge in [-0.25, -0.2) is 0 Å². The molecule has 4 bridgehead atoms. The number of hydrogen-bond acceptors (Lipinski definition) is 1. The number of benzene rings is 1. The predicted molar refractivity (Wildman–Crippen MR) is 81.5 cm³/mol. The minimum atomic E-state index is -0.00948. The van der Waals surface area contributed by atoms with Crippen LogP contribution in [-0.2, 0) is 0 Å². The van der Waals surface area contributed by atoms with Gasteiger partial charge in [0.1, 0.15) is 0 Å². The van der Waals surface area contributed by atoms with E-state index in [1.54, 1.807) is 0 Å². The number of Topliss-reactive ketones (excluding diaryl/α,β-unsaturated/α-hetero) is 1. The zero-order valence-electron chi connectivity index (χ0n) is 12.0. The molecular formula is C19H22O. The summed E-state index contributed by atoms with van der Waals surface area (Å²) in [5.74, 6) is 2.92. The molecule has 4 aliphatic rings. The molecule has 4 fully saturated rings. The summed E-state index contributed by atoms with van der Waals surface area (Å²) in [6.45, 7) is 3.77. The molecule has 5 rings (SSSR count). The highest BCUT2D eigenvalue weighted by Gasteiger charge is 2.54. The van der Waals surface area contributed by atoms with Gasteiger partial charge in [-0.05, 0) is 61.8 Å². The summed E-state index contributed by atoms with van der Waals surface area (Å²) in [7, 11) is 0. The van der Waals surface area contributed by atoms with Crippen LogP contribution in [-0.4, -0.2) is 5.78 Å². The highest BCUT2D eigenvalue weighted by molar-refractivity contribution is 6.01. The van der Waals surface area contributed by atoms with Gasteiger partial charge >= 0.3 is 0 Å². The Bertz CT molecular complexity index is 516. The number of rotatable bonds is 3. The lowest BCUT2D eigenvalue weighted by Crippen LogP contribution is -2.50. The zero-order chi connectivity index (χ0) is 13.7. The van der Waals surface area contributed by atoms with Gasteiger partial charge in [-0.15, -0.1) is 0 Å². The second-order valence-corrected chi connectivity index (χ2v) is 7.35. The van der Waals surface area contributed by atoms with Gasteiger partial charge in [0.25, 0.3) is 0 Å². The summed E-state index contributed by atoms with van der Waals surface area (Å²) in [6, 6.07) is 8.03. The lowest BCUT2D eigenvalue weighted by atomic mass is 9.48. The number of ketones is 1. The standard InChI is InChI=1S/C19H22O/c1-2-13-3-5-17(6-4-13)18(20)19-10-14-7-15(11-19)9-16(8-14)12-19/h2-6,14-16H,1,7-12H2. The maximum absolute atomic E-state index is 13.1. The van der Waals surface area contributed by atoms with E-state index in [-0.39, 0.29) is 5.41 Å². The Hall–Kier alpha value is -1.37. The van der Waals surface area contributed by atoms with Crippen LogP contribution in [0, 0.1) is 23.2 Å². The Morgan fingerprint density at radius 1 is 1.00 bits per heavy atom. The zero-order valence-corrected chi connectivity index (χ0v) is 12.0. The third-order valence-electron chi connectivity index (χ3n) is 5.93. The first kappa shape index (κ1) is 12.4. The Kier molecular flexibility index (Phi) is 2.67. The van der Waals surface area contributed by atoms with Crippen molar-refractivity contribution in [2.45, 2.75) is 38.5 Å². The molecule has 0 saturated heterocycles. The molecule has 4 aliphatic carbocycles. The summed E-state index contributed by atoms with van der Waals surface area (Å²) in [5, 5.41) is 0. The Morgan fingerprint density at radius 2 is 1.50 bits per heavy atom. The lowest BCUT2D eigenvalue weighted by Gasteiger charge is -2.56. The van der Waals surface area contributed by atoms with Crippen molar-refractivity contribution in [3.05, 3.63) is 42.0 Å². The third-order valence-corrected chi connectivity index (χ3v) is 5.93. The summed E-state index contributed by atoms with van der Waals surface area (Å²) in [6.07, 6.45) is 9.47. The second kappa shape index (κ2) is 4.31. The predicted octanol–water partition coefficient (Wildman–Crippen LogP) is 4.73. The molecule has 1 aromatic rings. The molecule has 1 aromatic carbocycles. The van der Waals surface area contributed by atoms with Gasteiger partial charge in [0.15, 0.2) is 5.78 Å². The number of carbonyl (C=O) groups excluding carboxylic acids is 1. The van der Waals surface area contributed by atoms with Gasteiger partial charge in [0.2, 0.25) is 0 Å². The maximum atomic E-state index is 13.1. The summed E-state index contributed by atoms with van der Waals surface area (Å²) >= 11 is 0. The first-order chi connectivity index (χ1) is 9.68. The maximum Gasteiger partial charge on any atom is 0.169 e. The fraction of sp³-hybridized carbons (Fsp3) is 0.526. The molecule has 0 amide bonds. The number of hydrogen-bond donors (Lipinski definition) is 0. The molecule has 0 unspecified atom stereocenters. The van der Waals surface area contributed by atoms with Crippen LogP contribution < -0.4 is 0 Å². The van der Waals surface area contributed by atoms with Crippen LogP contribution in [0.3, 0.4) is 0 Å². The van der Waals surface area contributed by atoms with Crippen LogP contribution in [0.25, 0.3) is 6.08 Å². The summed E-state index contributed by atoms with van der Waals surface area (Å²) in [4.78, 5) is 13.1. The Balaban J connectivity index is 1.65. The molecule has 4 saturated carbocycles. The van der Waals surface area contributed by atoms with Crippen molar-refractivity contribution in [2.75, 3.05) is 0 Å². The van der Waals surface area contributed by atoms with Gasteiger partial charge in [-0.2, -0.15) is 0 Å². The molecule has 0 aromatic heterocycles. The molecule has 0 atom stereocenters. The SMILES string of the molecule is C=Cc1ccc(C(=O)C23CC4CC(CC(C4)C2)C3)cc1. The van der Waals surface area contributed by atoms with E-state index < -0.39 is 0 Å². The van der Waals surface area contributed by atoms with Crippen LogP contribution in [0.4, 0.5) is 0 Å². The fourth-order valence-corrected chi connectivity index (χ4v) is 5.47. The first-order valence-electron chi connectivity index (χ1n) is 7.96. The lowest BCUT2D eigenvalue weighted by molar-refractivity contribution is -0.0353. The summed E-state index contributed by atoms with van der Waals surface area (Å²) in [5.41, 5.74) is 1.99. The molecule has 104 valence electrons. The van der Waals surface area contributed by atoms with E-state index in [4.69, 9.17) is 0 Å². The van der Waals surface area contributed by atoms with E-state index >= 15 is 0 Å². The van der Waals surface area contributed by atoms with E-state index in [0.717, 1.165) is 48.1 Å². The largest absolute Gasteiger partial charge is 0.294 e. The van der Waals surface area contributed by atoms with Crippen molar-refractivity contribution in [2.24, 2.45) is 23.2 Å². The van der Waals surface area contributed by atoms with Crippen molar-refractivity contribution in [1.29, 1.82) is 0 Å². The quantitative estimate of drug-likeness (QED) is 0.723. The highest BCUT2D eigenvalue weighted by Crippen LogP contribution is 2.60. The monoisotopic (exact) mass is 266 g/mol. The van der Waals surface area contributed by atoms with Crippen molar-refractivity contribution in [3.8, 4) is 0 Å². The van der Waals surface area contributed by atoms with E-state index in [0.29, 0.717) is 5.78 Å². The molecule has 0 heterocycles. The third kappa shape index (κ3) is 1.79. The molecule has 0 aliphatic heterocycles. The van der Waals surface area contributed by atoms with E-state index in [2.05, 4.69) is 6.58 Å². The molecule has 1 nitrogen and oxygen atoms in total. The van der Waals surface area contributed by atoms with Crippen LogP contribution in [0.1, 0.15) is 54.4 Å². The van der Waals surface area contributed by atoms with Gasteiger partial charge in [-0.3, -0.25) is 4.79 Å². The topological polar surface area (TPSA) is 17.1 Å². The van der Waals surface area contributed by atoms with Crippen LogP contribution in [0.2, 0.25) is 0 Å². The van der Waals surface area contributed by atoms with Crippen LogP contribution in [0.5, 0.6) is 0 Å². The van der Waals surface area contributed by atoms with E-state index in [9.17, 15) is 4.79 Å². The van der Waals surface area contributed by atoms with E-state index in [1.165, 1.54) is 19.3 Å². The summed E-state index contributed by atoms with van der Waals surface area (Å²) < 4.78 is 0. The van der Waals surface area contributed by atoms with Gasteiger partial charge in [0.05, 0.1) is 0 Å². The van der Waals surface area contributed by atoms with Crippen molar-refractivity contribution in [1.82, 2.24) is 0 Å². The molecule has 20 heavy (non-hydrogen) atoms. The van der Waals surface area contributed by atoms with Gasteiger partial charge < -0.3 is 0 Å². The second-order valence-electron chi connectivity index (χ2n) is 7.35. The Morgan fingerprint density at radius 3 is 1.95 bits per heavy atom. The van der Waals surface area contributed by atoms with Crippen molar-refractivity contribution < 1.29 is 4.79 Å². The minimum absolute atomic E-state index is 0.00948. The van der Waals surface area contributed by atoms with Crippen LogP contribution >= 0.6 is 0 Å². The molecule has 0 radical (unpaired) electrons.